The predicted molar refractivity (Wildman–Crippen MR) is 220 cm³/mol. The summed E-state index contributed by atoms with van der Waals surface area (Å²) in [6.45, 7) is 5.87. The summed E-state index contributed by atoms with van der Waals surface area (Å²) in [6, 6.07) is 13.3. The van der Waals surface area contributed by atoms with Crippen molar-refractivity contribution in [1.82, 2.24) is 34.9 Å². The molecule has 312 valence electrons. The summed E-state index contributed by atoms with van der Waals surface area (Å²) in [4.78, 5) is 97.2. The maximum absolute atomic E-state index is 13.3. The number of nitrogens with one attached hydrogen (secondary N) is 2. The number of imide groups is 2. The van der Waals surface area contributed by atoms with Crippen molar-refractivity contribution in [3.05, 3.63) is 71.0 Å². The number of urea groups is 1. The number of likely N-dealkylation sites (tertiary alicyclic amines) is 1. The lowest BCUT2D eigenvalue weighted by Crippen LogP contribution is -2.62. The normalized spacial score (nSPS) is 26.2. The van der Waals surface area contributed by atoms with Crippen molar-refractivity contribution in [2.24, 2.45) is 11.7 Å². The van der Waals surface area contributed by atoms with E-state index in [1.807, 2.05) is 30.1 Å². The number of hydrogen-bond acceptors (Lipinski definition) is 12. The fourth-order valence-corrected chi connectivity index (χ4v) is 10.6. The molecule has 17 nitrogen and oxygen atoms in total. The van der Waals surface area contributed by atoms with Gasteiger partial charge in [0.25, 0.3) is 17.7 Å². The van der Waals surface area contributed by atoms with Gasteiger partial charge < -0.3 is 30.7 Å². The zero-order valence-corrected chi connectivity index (χ0v) is 33.6. The van der Waals surface area contributed by atoms with E-state index in [2.05, 4.69) is 42.5 Å². The van der Waals surface area contributed by atoms with Gasteiger partial charge in [-0.05, 0) is 99.3 Å². The quantitative estimate of drug-likeness (QED) is 0.268. The van der Waals surface area contributed by atoms with Crippen molar-refractivity contribution in [2.75, 3.05) is 68.0 Å². The molecule has 0 spiro atoms. The maximum Gasteiger partial charge on any atom is 0.320 e. The Balaban J connectivity index is 0.744. The van der Waals surface area contributed by atoms with Gasteiger partial charge in [-0.2, -0.15) is 0 Å². The molecule has 7 fully saturated rings. The number of carbonyl (C=O) groups is 6. The molecule has 2 aromatic carbocycles. The summed E-state index contributed by atoms with van der Waals surface area (Å²) in [6.07, 6.45) is 6.98. The molecule has 17 heteroatoms. The van der Waals surface area contributed by atoms with E-state index in [-0.39, 0.29) is 42.2 Å². The Hall–Kier alpha value is -6.10. The van der Waals surface area contributed by atoms with Crippen molar-refractivity contribution < 1.29 is 28.8 Å². The first kappa shape index (κ1) is 38.1. The second-order valence-corrected chi connectivity index (χ2v) is 17.4. The van der Waals surface area contributed by atoms with E-state index in [0.29, 0.717) is 35.1 Å². The summed E-state index contributed by atoms with van der Waals surface area (Å²) < 4.78 is 0. The largest absolute Gasteiger partial charge is 0.368 e. The van der Waals surface area contributed by atoms with Crippen LogP contribution >= 0.6 is 0 Å². The maximum atomic E-state index is 13.3. The Bertz CT molecular complexity index is 2290. The third-order valence-electron chi connectivity index (χ3n) is 14.0. The summed E-state index contributed by atoms with van der Waals surface area (Å²) in [5.41, 5.74) is 9.34. The number of nitrogens with two attached hydrogens (primary N) is 1. The summed E-state index contributed by atoms with van der Waals surface area (Å²) in [5, 5.41) is 5.57. The molecule has 4 atom stereocenters. The van der Waals surface area contributed by atoms with Crippen LogP contribution in [0.2, 0.25) is 0 Å². The Morgan fingerprint density at radius 3 is 2.30 bits per heavy atom. The molecule has 1 aliphatic carbocycles. The Kier molecular flexibility index (Phi) is 9.45. The van der Waals surface area contributed by atoms with E-state index in [1.54, 1.807) is 23.2 Å². The second-order valence-electron chi connectivity index (χ2n) is 17.4. The van der Waals surface area contributed by atoms with Crippen LogP contribution in [-0.4, -0.2) is 142 Å². The molecule has 2 bridgehead atoms. The molecule has 6 saturated heterocycles. The molecule has 8 aliphatic rings. The lowest BCUT2D eigenvalue weighted by atomic mass is 9.76. The number of likely N-dealkylation sites (N-methyl/N-ethyl adjacent to an activating group) is 1. The predicted octanol–water partition coefficient (Wildman–Crippen LogP) is 2.51. The van der Waals surface area contributed by atoms with Crippen LogP contribution in [0, 0.1) is 5.92 Å². The van der Waals surface area contributed by atoms with Crippen LogP contribution in [0.25, 0.3) is 0 Å². The van der Waals surface area contributed by atoms with Crippen LogP contribution in [0.1, 0.15) is 87.6 Å². The molecule has 4 N–H and O–H groups in total. The van der Waals surface area contributed by atoms with Crippen LogP contribution in [-0.2, 0) is 9.59 Å². The average molecular weight is 816 g/mol. The van der Waals surface area contributed by atoms with E-state index in [1.165, 1.54) is 5.56 Å². The van der Waals surface area contributed by atoms with Gasteiger partial charge in [0.1, 0.15) is 11.9 Å². The average Bonchev–Trinajstić information content (AvgIpc) is 3.70. The summed E-state index contributed by atoms with van der Waals surface area (Å²) in [5.74, 6) is -0.796. The molecule has 3 aromatic rings. The van der Waals surface area contributed by atoms with Crippen molar-refractivity contribution in [3.63, 3.8) is 0 Å². The fourth-order valence-electron chi connectivity index (χ4n) is 10.6. The highest BCUT2D eigenvalue weighted by atomic mass is 16.2. The van der Waals surface area contributed by atoms with E-state index in [0.717, 1.165) is 94.2 Å². The van der Waals surface area contributed by atoms with Crippen molar-refractivity contribution in [3.8, 4) is 0 Å². The minimum absolute atomic E-state index is 0.0796. The molecule has 7 amide bonds. The number of fused-ring (bicyclic) bond motifs is 4. The molecule has 0 radical (unpaired) electrons. The van der Waals surface area contributed by atoms with Gasteiger partial charge >= 0.3 is 6.03 Å². The molecule has 4 unspecified atom stereocenters. The van der Waals surface area contributed by atoms with E-state index in [9.17, 15) is 28.8 Å². The SMILES string of the molecule is CN1CCN(C2CC3CCC2N(c2cnc(C(N)=O)c(Nc4ccc(C5CCN(C6CN(c7ccc8c(c7)C(=O)N(C7CCC(=O)NC7=O)C8=O)C6)CC5)cc4)n2)C3)C1=O. The minimum Gasteiger partial charge on any atom is -0.368 e. The van der Waals surface area contributed by atoms with Crippen molar-refractivity contribution in [1.29, 1.82) is 0 Å². The molecule has 1 saturated carbocycles. The number of primary amides is 1. The molecule has 7 aliphatic heterocycles. The monoisotopic (exact) mass is 815 g/mol. The highest BCUT2D eigenvalue weighted by Crippen LogP contribution is 2.41. The Morgan fingerprint density at radius 1 is 0.833 bits per heavy atom. The van der Waals surface area contributed by atoms with Gasteiger partial charge in [-0.15, -0.1) is 0 Å². The topological polar surface area (TPSA) is 198 Å². The highest BCUT2D eigenvalue weighted by molar-refractivity contribution is 6.23. The Labute approximate surface area is 347 Å². The van der Waals surface area contributed by atoms with Gasteiger partial charge in [0, 0.05) is 63.6 Å². The van der Waals surface area contributed by atoms with Gasteiger partial charge in [0.2, 0.25) is 11.8 Å². The van der Waals surface area contributed by atoms with Crippen LogP contribution in [0.4, 0.5) is 27.8 Å². The number of piperidine rings is 4. The van der Waals surface area contributed by atoms with Crippen LogP contribution in [0.3, 0.4) is 0 Å². The first-order chi connectivity index (χ1) is 29.0. The number of aromatic nitrogens is 2. The third kappa shape index (κ3) is 6.58. The Morgan fingerprint density at radius 2 is 1.60 bits per heavy atom. The number of amides is 7. The smallest absolute Gasteiger partial charge is 0.320 e. The lowest BCUT2D eigenvalue weighted by Gasteiger charge is -2.52. The molecule has 8 heterocycles. The molecular formula is C43H49N11O6. The van der Waals surface area contributed by atoms with E-state index >= 15 is 0 Å². The van der Waals surface area contributed by atoms with Gasteiger partial charge in [-0.1, -0.05) is 12.1 Å². The number of benzene rings is 2. The number of anilines is 4. The third-order valence-corrected chi connectivity index (χ3v) is 14.0. The fraction of sp³-hybridized carbons (Fsp3) is 0.488. The van der Waals surface area contributed by atoms with Gasteiger partial charge in [0.15, 0.2) is 11.5 Å². The number of nitrogens with zero attached hydrogens (tertiary/aromatic N) is 8. The summed E-state index contributed by atoms with van der Waals surface area (Å²) >= 11 is 0. The van der Waals surface area contributed by atoms with Crippen molar-refractivity contribution >= 4 is 58.6 Å². The minimum atomic E-state index is -0.981. The number of hydrogen-bond donors (Lipinski definition) is 3. The van der Waals surface area contributed by atoms with Crippen LogP contribution in [0.5, 0.6) is 0 Å². The summed E-state index contributed by atoms with van der Waals surface area (Å²) in [7, 11) is 1.85. The lowest BCUT2D eigenvalue weighted by molar-refractivity contribution is -0.136. The second kappa shape index (κ2) is 14.9. The number of rotatable bonds is 9. The van der Waals surface area contributed by atoms with E-state index < -0.39 is 35.6 Å². The highest BCUT2D eigenvalue weighted by Gasteiger charge is 2.48. The first-order valence-corrected chi connectivity index (χ1v) is 21.2. The molecule has 60 heavy (non-hydrogen) atoms. The van der Waals surface area contributed by atoms with Crippen LogP contribution in [0.15, 0.2) is 48.7 Å². The van der Waals surface area contributed by atoms with Gasteiger partial charge in [-0.25, -0.2) is 14.8 Å². The first-order valence-electron chi connectivity index (χ1n) is 21.2. The van der Waals surface area contributed by atoms with Gasteiger partial charge in [0.05, 0.1) is 29.4 Å². The van der Waals surface area contributed by atoms with E-state index in [4.69, 9.17) is 10.7 Å². The van der Waals surface area contributed by atoms with Crippen LogP contribution < -0.4 is 26.2 Å². The molecule has 11 rings (SSSR count). The standard InChI is InChI=1S/C43H49N11O6/c1-49-16-17-52(43(49)60)34-18-24-2-9-32(34)53(21-24)35-20-45-37(38(44)56)39(47-35)46-27-5-3-25(4-6-27)26-12-14-50(15-13-26)29-22-51(23-29)28-7-8-30-31(19-28)42(59)54(41(30)58)33-10-11-36(55)48-40(33)57/h3-8,19-20,24,26,29,32-34H,2,9-18,21-23H2,1H3,(H2,44,56)(H,46,47)(H,48,55,57). The number of carbonyl (C=O) groups excluding carboxylic acids is 6. The molecular weight excluding hydrogens is 767 g/mol. The van der Waals surface area contributed by atoms with Gasteiger partial charge in [-0.3, -0.25) is 39.1 Å². The zero-order valence-electron chi connectivity index (χ0n) is 33.6. The zero-order chi connectivity index (χ0) is 41.4. The van der Waals surface area contributed by atoms with Crippen molar-refractivity contribution in [2.45, 2.75) is 75.0 Å². The molecule has 1 aromatic heterocycles.